The summed E-state index contributed by atoms with van der Waals surface area (Å²) in [6.45, 7) is 5.75. The van der Waals surface area contributed by atoms with Crippen molar-refractivity contribution in [3.05, 3.63) is 101 Å². The minimum atomic E-state index is -1.33. The van der Waals surface area contributed by atoms with Crippen molar-refractivity contribution in [3.63, 3.8) is 0 Å². The van der Waals surface area contributed by atoms with Crippen molar-refractivity contribution in [1.29, 1.82) is 0 Å². The van der Waals surface area contributed by atoms with Crippen molar-refractivity contribution >= 4 is 34.9 Å². The minimum absolute atomic E-state index is 0.218. The third kappa shape index (κ3) is 3.39. The predicted molar refractivity (Wildman–Crippen MR) is 146 cm³/mol. The number of anilines is 2. The maximum atomic E-state index is 14.5. The second-order valence-corrected chi connectivity index (χ2v) is 11.0. The Labute approximate surface area is 221 Å². The first-order valence-corrected chi connectivity index (χ1v) is 13.0. The molecule has 0 aliphatic carbocycles. The van der Waals surface area contributed by atoms with Crippen LogP contribution in [0, 0.1) is 17.7 Å². The summed E-state index contributed by atoms with van der Waals surface area (Å²) >= 11 is 0. The summed E-state index contributed by atoms with van der Waals surface area (Å²) in [5.41, 5.74) is 2.86. The van der Waals surface area contributed by atoms with Gasteiger partial charge in [-0.1, -0.05) is 68.5 Å². The molecule has 1 spiro atoms. The van der Waals surface area contributed by atoms with Gasteiger partial charge < -0.3 is 10.2 Å². The van der Waals surface area contributed by atoms with E-state index < -0.39 is 29.2 Å². The van der Waals surface area contributed by atoms with Gasteiger partial charge in [0.05, 0.1) is 18.0 Å². The Morgan fingerprint density at radius 2 is 1.79 bits per heavy atom. The van der Waals surface area contributed by atoms with E-state index in [4.69, 9.17) is 0 Å². The molecule has 3 aliphatic heterocycles. The van der Waals surface area contributed by atoms with E-state index in [9.17, 15) is 18.8 Å². The summed E-state index contributed by atoms with van der Waals surface area (Å²) < 4.78 is 14.1. The molecule has 5 nitrogen and oxygen atoms in total. The molecule has 4 atom stereocenters. The summed E-state index contributed by atoms with van der Waals surface area (Å²) in [6, 6.07) is 17.8. The van der Waals surface area contributed by atoms with Gasteiger partial charge in [0.15, 0.2) is 11.6 Å². The SMILES string of the molecule is CC(=O)C1C(C(=O)c2ccc(CC(C)C)cc2)C2(C(=O)Nc3ccccc32)C2C=Cc3cc(F)ccc3N12. The molecule has 0 radical (unpaired) electrons. The summed E-state index contributed by atoms with van der Waals surface area (Å²) in [5.74, 6) is -1.67. The second kappa shape index (κ2) is 8.76. The van der Waals surface area contributed by atoms with E-state index in [1.54, 1.807) is 24.3 Å². The highest BCUT2D eigenvalue weighted by Gasteiger charge is 2.69. The van der Waals surface area contributed by atoms with Gasteiger partial charge in [0.25, 0.3) is 0 Å². The predicted octanol–water partition coefficient (Wildman–Crippen LogP) is 5.59. The van der Waals surface area contributed by atoms with Gasteiger partial charge in [-0.3, -0.25) is 14.4 Å². The van der Waals surface area contributed by atoms with Crippen LogP contribution in [-0.4, -0.2) is 29.6 Å². The fourth-order valence-corrected chi connectivity index (χ4v) is 6.76. The number of halogens is 1. The van der Waals surface area contributed by atoms with Gasteiger partial charge >= 0.3 is 0 Å². The lowest BCUT2D eigenvalue weighted by Gasteiger charge is -2.37. The van der Waals surface area contributed by atoms with Crippen molar-refractivity contribution in [2.75, 3.05) is 10.2 Å². The Morgan fingerprint density at radius 3 is 2.50 bits per heavy atom. The number of para-hydroxylation sites is 1. The average molecular weight is 509 g/mol. The standard InChI is InChI=1S/C32H29FN2O3/c1-18(2)16-20-8-10-21(11-9-20)30(37)28-29(19(3)36)35-26-14-13-23(33)17-22(26)12-15-27(35)32(28)24-6-4-5-7-25(24)34-31(32)38/h4-15,17-18,27-29H,16H2,1-3H3,(H,34,38). The molecule has 6 rings (SSSR count). The summed E-state index contributed by atoms with van der Waals surface area (Å²) in [7, 11) is 0. The zero-order valence-electron chi connectivity index (χ0n) is 21.6. The minimum Gasteiger partial charge on any atom is -0.352 e. The third-order valence-corrected chi connectivity index (χ3v) is 8.18. The van der Waals surface area contributed by atoms with Crippen LogP contribution in [0.3, 0.4) is 0 Å². The molecule has 3 aromatic rings. The number of carbonyl (C=O) groups is 3. The summed E-state index contributed by atoms with van der Waals surface area (Å²) in [4.78, 5) is 43.9. The Balaban J connectivity index is 1.58. The van der Waals surface area contributed by atoms with Gasteiger partial charge in [-0.2, -0.15) is 0 Å². The Morgan fingerprint density at radius 1 is 1.05 bits per heavy atom. The molecule has 0 aromatic heterocycles. The number of rotatable bonds is 5. The first kappa shape index (κ1) is 24.3. The van der Waals surface area contributed by atoms with E-state index in [1.807, 2.05) is 47.4 Å². The second-order valence-electron chi connectivity index (χ2n) is 11.0. The van der Waals surface area contributed by atoms with Crippen LogP contribution in [0.2, 0.25) is 0 Å². The molecule has 1 amide bonds. The molecule has 1 saturated heterocycles. The Bertz CT molecular complexity index is 1510. The Kier molecular flexibility index (Phi) is 5.60. The highest BCUT2D eigenvalue weighted by atomic mass is 19.1. The fraction of sp³-hybridized carbons (Fsp3) is 0.281. The van der Waals surface area contributed by atoms with Crippen LogP contribution in [0.5, 0.6) is 0 Å². The molecule has 1 fully saturated rings. The van der Waals surface area contributed by atoms with Gasteiger partial charge in [-0.15, -0.1) is 0 Å². The van der Waals surface area contributed by atoms with Crippen molar-refractivity contribution in [2.24, 2.45) is 11.8 Å². The maximum Gasteiger partial charge on any atom is 0.238 e. The normalized spacial score (nSPS) is 24.8. The number of Topliss-reactive ketones (excluding diaryl/α,β-unsaturated/α-hetero) is 2. The summed E-state index contributed by atoms with van der Waals surface area (Å²) in [5, 5.41) is 3.00. The van der Waals surface area contributed by atoms with E-state index in [-0.39, 0.29) is 17.5 Å². The van der Waals surface area contributed by atoms with Gasteiger partial charge in [-0.05, 0) is 54.7 Å². The zero-order chi connectivity index (χ0) is 26.8. The smallest absolute Gasteiger partial charge is 0.238 e. The van der Waals surface area contributed by atoms with Crippen LogP contribution in [0.25, 0.3) is 6.08 Å². The lowest BCUT2D eigenvalue weighted by molar-refractivity contribution is -0.122. The van der Waals surface area contributed by atoms with Crippen LogP contribution in [0.1, 0.15) is 47.8 Å². The van der Waals surface area contributed by atoms with Crippen LogP contribution < -0.4 is 10.2 Å². The van der Waals surface area contributed by atoms with E-state index in [1.165, 1.54) is 19.1 Å². The number of amides is 1. The number of hydrogen-bond donors (Lipinski definition) is 1. The molecule has 4 unspecified atom stereocenters. The lowest BCUT2D eigenvalue weighted by atomic mass is 9.64. The maximum absolute atomic E-state index is 14.5. The largest absolute Gasteiger partial charge is 0.352 e. The van der Waals surface area contributed by atoms with E-state index in [0.29, 0.717) is 34.0 Å². The summed E-state index contributed by atoms with van der Waals surface area (Å²) in [6.07, 6.45) is 4.53. The first-order valence-electron chi connectivity index (χ1n) is 13.0. The number of fused-ring (bicyclic) bond motifs is 6. The van der Waals surface area contributed by atoms with Crippen molar-refractivity contribution in [3.8, 4) is 0 Å². The molecule has 192 valence electrons. The van der Waals surface area contributed by atoms with E-state index in [0.717, 1.165) is 12.0 Å². The molecular formula is C32H29FN2O3. The van der Waals surface area contributed by atoms with Gasteiger partial charge in [0.2, 0.25) is 5.91 Å². The molecule has 0 bridgehead atoms. The zero-order valence-corrected chi connectivity index (χ0v) is 21.6. The van der Waals surface area contributed by atoms with Crippen LogP contribution in [-0.2, 0) is 21.4 Å². The lowest BCUT2D eigenvalue weighted by Crippen LogP contribution is -2.51. The molecule has 3 aromatic carbocycles. The highest BCUT2D eigenvalue weighted by Crippen LogP contribution is 2.57. The molecule has 3 aliphatic rings. The van der Waals surface area contributed by atoms with Crippen molar-refractivity contribution in [2.45, 2.75) is 44.7 Å². The number of nitrogens with one attached hydrogen (secondary N) is 1. The fourth-order valence-electron chi connectivity index (χ4n) is 6.76. The van der Waals surface area contributed by atoms with E-state index in [2.05, 4.69) is 19.2 Å². The monoisotopic (exact) mass is 508 g/mol. The first-order chi connectivity index (χ1) is 18.2. The van der Waals surface area contributed by atoms with Crippen LogP contribution in [0.4, 0.5) is 15.8 Å². The quantitative estimate of drug-likeness (QED) is 0.457. The molecule has 6 heteroatoms. The molecular weight excluding hydrogens is 479 g/mol. The highest BCUT2D eigenvalue weighted by molar-refractivity contribution is 6.16. The van der Waals surface area contributed by atoms with Gasteiger partial charge in [0, 0.05) is 22.5 Å². The van der Waals surface area contributed by atoms with Gasteiger partial charge in [0.1, 0.15) is 11.2 Å². The van der Waals surface area contributed by atoms with Crippen molar-refractivity contribution < 1.29 is 18.8 Å². The number of ketones is 2. The number of hydrogen-bond acceptors (Lipinski definition) is 4. The number of nitrogens with zero attached hydrogens (tertiary/aromatic N) is 1. The third-order valence-electron chi connectivity index (χ3n) is 8.18. The molecule has 3 heterocycles. The molecule has 0 saturated carbocycles. The molecule has 1 N–H and O–H groups in total. The topological polar surface area (TPSA) is 66.5 Å². The molecule has 38 heavy (non-hydrogen) atoms. The Hall–Kier alpha value is -4.06. The van der Waals surface area contributed by atoms with Crippen molar-refractivity contribution in [1.82, 2.24) is 0 Å². The number of benzene rings is 3. The van der Waals surface area contributed by atoms with Crippen LogP contribution in [0.15, 0.2) is 72.8 Å². The van der Waals surface area contributed by atoms with Gasteiger partial charge in [-0.25, -0.2) is 4.39 Å². The average Bonchev–Trinajstić information content (AvgIpc) is 3.36. The van der Waals surface area contributed by atoms with E-state index >= 15 is 0 Å². The van der Waals surface area contributed by atoms with Crippen LogP contribution >= 0.6 is 0 Å². The number of carbonyl (C=O) groups excluding carboxylic acids is 3.